The van der Waals surface area contributed by atoms with Crippen molar-refractivity contribution in [3.05, 3.63) is 0 Å². The molecule has 27 heavy (non-hydrogen) atoms. The normalized spacial score (nSPS) is 16.7. The van der Waals surface area contributed by atoms with Crippen LogP contribution in [0.3, 0.4) is 0 Å². The second-order valence-electron chi connectivity index (χ2n) is 9.37. The van der Waals surface area contributed by atoms with Crippen LogP contribution in [-0.4, -0.2) is 43.0 Å². The van der Waals surface area contributed by atoms with E-state index in [1.807, 2.05) is 27.7 Å². The van der Waals surface area contributed by atoms with Crippen LogP contribution < -0.4 is 4.72 Å². The lowest BCUT2D eigenvalue weighted by atomic mass is 10.0. The fourth-order valence-electron chi connectivity index (χ4n) is 3.94. The quantitative estimate of drug-likeness (QED) is 0.384. The Bertz CT molecular complexity index is 467. The SMILES string of the molecule is COC(=O)C(C)C(CCO[Si](C(C)C)(C(C)C)C(C)C)N[S@](=O)C(C)(C)C. The molecule has 0 aliphatic rings. The summed E-state index contributed by atoms with van der Waals surface area (Å²) < 4.78 is 26.9. The zero-order valence-electron chi connectivity index (χ0n) is 19.3. The van der Waals surface area contributed by atoms with Crippen molar-refractivity contribution in [2.45, 2.75) is 103 Å². The lowest BCUT2D eigenvalue weighted by Crippen LogP contribution is -2.50. The number of ether oxygens (including phenoxy) is 1. The van der Waals surface area contributed by atoms with Crippen molar-refractivity contribution in [1.29, 1.82) is 0 Å². The van der Waals surface area contributed by atoms with E-state index in [9.17, 15) is 9.00 Å². The molecule has 0 saturated carbocycles. The van der Waals surface area contributed by atoms with E-state index in [0.717, 1.165) is 0 Å². The Balaban J connectivity index is 5.33. The van der Waals surface area contributed by atoms with Crippen LogP contribution in [-0.2, 0) is 24.9 Å². The van der Waals surface area contributed by atoms with Crippen molar-refractivity contribution in [2.24, 2.45) is 5.92 Å². The fourth-order valence-corrected chi connectivity index (χ4v) is 10.4. The number of carbonyl (C=O) groups is 1. The number of hydrogen-bond donors (Lipinski definition) is 1. The minimum absolute atomic E-state index is 0.254. The highest BCUT2D eigenvalue weighted by atomic mass is 32.2. The summed E-state index contributed by atoms with van der Waals surface area (Å²) in [4.78, 5) is 12.1. The summed E-state index contributed by atoms with van der Waals surface area (Å²) in [5, 5.41) is 0. The second-order valence-corrected chi connectivity index (χ2v) is 16.8. The van der Waals surface area contributed by atoms with E-state index in [1.54, 1.807) is 0 Å². The van der Waals surface area contributed by atoms with E-state index < -0.39 is 30.0 Å². The van der Waals surface area contributed by atoms with Gasteiger partial charge in [-0.25, -0.2) is 8.93 Å². The van der Waals surface area contributed by atoms with Crippen LogP contribution in [0, 0.1) is 5.92 Å². The summed E-state index contributed by atoms with van der Waals surface area (Å²) in [6.45, 7) is 21.7. The summed E-state index contributed by atoms with van der Waals surface area (Å²) in [7, 11) is -1.83. The Kier molecular flexibility index (Phi) is 11.0. The summed E-state index contributed by atoms with van der Waals surface area (Å²) in [6, 6.07) is -0.254. The average molecular weight is 422 g/mol. The summed E-state index contributed by atoms with van der Waals surface area (Å²) in [5.74, 6) is -0.684. The van der Waals surface area contributed by atoms with Crippen LogP contribution in [0.2, 0.25) is 16.6 Å². The van der Waals surface area contributed by atoms with Gasteiger partial charge in [0.25, 0.3) is 0 Å². The molecule has 5 nitrogen and oxygen atoms in total. The van der Waals surface area contributed by atoms with Crippen molar-refractivity contribution < 1.29 is 18.2 Å². The molecule has 7 heteroatoms. The molecule has 0 aliphatic carbocycles. The van der Waals surface area contributed by atoms with Gasteiger partial charge in [0.05, 0.1) is 28.8 Å². The first kappa shape index (κ1) is 26.8. The third-order valence-corrected chi connectivity index (χ3v) is 13.2. The minimum atomic E-state index is -1.96. The van der Waals surface area contributed by atoms with Crippen LogP contribution in [0.1, 0.15) is 75.7 Å². The zero-order chi connectivity index (χ0) is 21.6. The molecule has 3 atom stereocenters. The molecule has 0 bridgehead atoms. The van der Waals surface area contributed by atoms with Crippen molar-refractivity contribution >= 4 is 25.3 Å². The number of rotatable bonds is 11. The zero-order valence-corrected chi connectivity index (χ0v) is 21.2. The maximum atomic E-state index is 12.6. The van der Waals surface area contributed by atoms with Crippen molar-refractivity contribution in [2.75, 3.05) is 13.7 Å². The van der Waals surface area contributed by atoms with Crippen LogP contribution in [0.25, 0.3) is 0 Å². The number of nitrogens with one attached hydrogen (secondary N) is 1. The van der Waals surface area contributed by atoms with Crippen LogP contribution in [0.4, 0.5) is 0 Å². The fraction of sp³-hybridized carbons (Fsp3) is 0.950. The highest BCUT2D eigenvalue weighted by Gasteiger charge is 2.45. The summed E-state index contributed by atoms with van der Waals surface area (Å²) in [6.07, 6.45) is 0.624. The number of methoxy groups -OCH3 is 1. The molecule has 0 aromatic rings. The molecule has 0 heterocycles. The highest BCUT2D eigenvalue weighted by molar-refractivity contribution is 7.84. The average Bonchev–Trinajstić information content (AvgIpc) is 2.53. The van der Waals surface area contributed by atoms with E-state index >= 15 is 0 Å². The van der Waals surface area contributed by atoms with Gasteiger partial charge >= 0.3 is 5.97 Å². The summed E-state index contributed by atoms with van der Waals surface area (Å²) >= 11 is 0. The molecule has 0 spiro atoms. The lowest BCUT2D eigenvalue weighted by Gasteiger charge is -2.42. The van der Waals surface area contributed by atoms with Gasteiger partial charge in [-0.05, 0) is 43.8 Å². The number of hydrogen-bond acceptors (Lipinski definition) is 4. The molecular formula is C20H43NO4SSi. The maximum absolute atomic E-state index is 12.6. The molecule has 0 aromatic heterocycles. The summed E-state index contributed by atoms with van der Waals surface area (Å²) in [5.41, 5.74) is 1.52. The third-order valence-electron chi connectivity index (χ3n) is 5.48. The molecule has 2 unspecified atom stereocenters. The van der Waals surface area contributed by atoms with Crippen LogP contribution in [0.5, 0.6) is 0 Å². The number of carbonyl (C=O) groups excluding carboxylic acids is 1. The highest BCUT2D eigenvalue weighted by Crippen LogP contribution is 2.42. The first-order valence-electron chi connectivity index (χ1n) is 10.1. The van der Waals surface area contributed by atoms with Gasteiger partial charge in [0.2, 0.25) is 0 Å². The Morgan fingerprint density at radius 2 is 1.44 bits per heavy atom. The first-order chi connectivity index (χ1) is 12.2. The van der Waals surface area contributed by atoms with Gasteiger partial charge in [0, 0.05) is 12.6 Å². The predicted molar refractivity (Wildman–Crippen MR) is 118 cm³/mol. The van der Waals surface area contributed by atoms with Crippen molar-refractivity contribution in [1.82, 2.24) is 4.72 Å². The van der Waals surface area contributed by atoms with Crippen molar-refractivity contribution in [3.8, 4) is 0 Å². The molecular weight excluding hydrogens is 378 g/mol. The van der Waals surface area contributed by atoms with E-state index in [2.05, 4.69) is 46.3 Å². The Labute approximate surface area is 171 Å². The number of esters is 1. The maximum Gasteiger partial charge on any atom is 0.309 e. The Hall–Kier alpha value is -0.243. The van der Waals surface area contributed by atoms with E-state index in [1.165, 1.54) is 7.11 Å². The lowest BCUT2D eigenvalue weighted by molar-refractivity contribution is -0.145. The molecule has 0 rings (SSSR count). The monoisotopic (exact) mass is 421 g/mol. The standard InChI is InChI=1S/C20H43NO4SSi/c1-14(2)27(15(3)4,16(5)6)25-13-12-18(17(7)19(22)24-11)21-26(23)20(8,9)10/h14-18,21H,12-13H2,1-11H3/t17?,18?,26-/m1/s1. The Morgan fingerprint density at radius 1 is 1.00 bits per heavy atom. The second kappa shape index (κ2) is 11.1. The third kappa shape index (κ3) is 7.26. The first-order valence-corrected chi connectivity index (χ1v) is 13.4. The minimum Gasteiger partial charge on any atom is -0.469 e. The van der Waals surface area contributed by atoms with Gasteiger partial charge in [0.1, 0.15) is 0 Å². The van der Waals surface area contributed by atoms with E-state index in [0.29, 0.717) is 29.7 Å². The van der Waals surface area contributed by atoms with Crippen molar-refractivity contribution in [3.63, 3.8) is 0 Å². The van der Waals surface area contributed by atoms with Gasteiger partial charge in [0.15, 0.2) is 8.32 Å². The van der Waals surface area contributed by atoms with Gasteiger partial charge in [-0.1, -0.05) is 48.5 Å². The van der Waals surface area contributed by atoms with Gasteiger partial charge in [-0.3, -0.25) is 4.79 Å². The van der Waals surface area contributed by atoms with Gasteiger partial charge < -0.3 is 9.16 Å². The molecule has 0 amide bonds. The van der Waals surface area contributed by atoms with Gasteiger partial charge in [-0.15, -0.1) is 0 Å². The molecule has 0 aliphatic heterocycles. The van der Waals surface area contributed by atoms with E-state index in [-0.39, 0.29) is 12.0 Å². The Morgan fingerprint density at radius 3 is 1.78 bits per heavy atom. The molecule has 0 aromatic carbocycles. The molecule has 1 N–H and O–H groups in total. The molecule has 0 saturated heterocycles. The predicted octanol–water partition coefficient (Wildman–Crippen LogP) is 4.80. The van der Waals surface area contributed by atoms with Crippen LogP contribution >= 0.6 is 0 Å². The molecule has 0 radical (unpaired) electrons. The smallest absolute Gasteiger partial charge is 0.309 e. The topological polar surface area (TPSA) is 64.6 Å². The molecule has 0 fully saturated rings. The molecule has 162 valence electrons. The van der Waals surface area contributed by atoms with Crippen LogP contribution in [0.15, 0.2) is 0 Å². The largest absolute Gasteiger partial charge is 0.469 e. The van der Waals surface area contributed by atoms with E-state index in [4.69, 9.17) is 9.16 Å². The van der Waals surface area contributed by atoms with Gasteiger partial charge in [-0.2, -0.15) is 0 Å².